The highest BCUT2D eigenvalue weighted by atomic mass is 15.5. The lowest BCUT2D eigenvalue weighted by molar-refractivity contribution is 0.219. The lowest BCUT2D eigenvalue weighted by Crippen LogP contribution is -2.48. The molecule has 0 bridgehead atoms. The summed E-state index contributed by atoms with van der Waals surface area (Å²) in [5.74, 6) is 5.36. The third-order valence-electron chi connectivity index (χ3n) is 5.81. The van der Waals surface area contributed by atoms with E-state index in [1.165, 1.54) is 16.5 Å². The van der Waals surface area contributed by atoms with Gasteiger partial charge in [-0.1, -0.05) is 71.9 Å². The van der Waals surface area contributed by atoms with Gasteiger partial charge in [-0.15, -0.1) is 0 Å². The Balaban J connectivity index is 0.000000708. The van der Waals surface area contributed by atoms with Gasteiger partial charge in [-0.2, -0.15) is 5.10 Å². The van der Waals surface area contributed by atoms with Crippen molar-refractivity contribution in [3.05, 3.63) is 65.9 Å². The Morgan fingerprint density at radius 3 is 2.11 bits per heavy atom. The number of rotatable bonds is 6. The summed E-state index contributed by atoms with van der Waals surface area (Å²) in [6, 6.07) is 16.3. The number of hydrazine groups is 1. The van der Waals surface area contributed by atoms with E-state index >= 15 is 0 Å². The maximum atomic E-state index is 6.23. The molecule has 2 atom stereocenters. The zero-order valence-corrected chi connectivity index (χ0v) is 25.3. The number of benzene rings is 2. The van der Waals surface area contributed by atoms with E-state index in [1.807, 2.05) is 91.3 Å². The molecule has 1 aliphatic rings. The molecule has 0 aliphatic carbocycles. The first-order valence-electron chi connectivity index (χ1n) is 14.1. The molecule has 1 saturated heterocycles. The number of fused-ring (bicyclic) bond motifs is 1. The molecule has 2 heterocycles. The second-order valence-corrected chi connectivity index (χ2v) is 8.09. The SMILES string of the molecule is CC.CC.CC.CC(/C=N\N(C)C(N)c1ccc(NN)cc1)N1CCNCC1.Cc1c[nH]c2ccccc12. The Hall–Kier alpha value is -2.91. The van der Waals surface area contributed by atoms with E-state index in [4.69, 9.17) is 11.6 Å². The number of nitrogen functional groups attached to an aromatic ring is 1. The van der Waals surface area contributed by atoms with Gasteiger partial charge in [-0.05, 0) is 43.2 Å². The van der Waals surface area contributed by atoms with Crippen LogP contribution in [0.5, 0.6) is 0 Å². The van der Waals surface area contributed by atoms with Gasteiger partial charge in [-0.25, -0.2) is 0 Å². The summed E-state index contributed by atoms with van der Waals surface area (Å²) in [5.41, 5.74) is 13.2. The van der Waals surface area contributed by atoms with Crippen molar-refractivity contribution in [2.45, 2.75) is 67.6 Å². The molecule has 2 unspecified atom stereocenters. The van der Waals surface area contributed by atoms with Gasteiger partial charge in [0.25, 0.3) is 0 Å². The van der Waals surface area contributed by atoms with Crippen LogP contribution in [0, 0.1) is 6.92 Å². The molecule has 4 rings (SSSR count). The lowest BCUT2D eigenvalue weighted by Gasteiger charge is -2.31. The predicted octanol–water partition coefficient (Wildman–Crippen LogP) is 5.70. The Bertz CT molecular complexity index is 977. The second kappa shape index (κ2) is 21.1. The van der Waals surface area contributed by atoms with Crippen LogP contribution in [0.15, 0.2) is 59.8 Å². The highest BCUT2D eigenvalue weighted by Crippen LogP contribution is 2.17. The minimum absolute atomic E-state index is 0.279. The smallest absolute Gasteiger partial charge is 0.119 e. The van der Waals surface area contributed by atoms with Crippen LogP contribution in [0.25, 0.3) is 10.9 Å². The third kappa shape index (κ3) is 11.6. The maximum Gasteiger partial charge on any atom is 0.119 e. The highest BCUT2D eigenvalue weighted by Gasteiger charge is 2.15. The molecule has 1 aromatic heterocycles. The molecule has 7 N–H and O–H groups in total. The molecule has 2 aromatic carbocycles. The summed E-state index contributed by atoms with van der Waals surface area (Å²) in [4.78, 5) is 5.59. The fourth-order valence-electron chi connectivity index (χ4n) is 3.67. The monoisotopic (exact) mass is 526 g/mol. The molecule has 1 fully saturated rings. The second-order valence-electron chi connectivity index (χ2n) is 8.09. The topological polar surface area (TPSA) is 111 Å². The number of hydrogen-bond donors (Lipinski definition) is 5. The third-order valence-corrected chi connectivity index (χ3v) is 5.81. The van der Waals surface area contributed by atoms with E-state index in [9.17, 15) is 0 Å². The van der Waals surface area contributed by atoms with Gasteiger partial charge in [-0.3, -0.25) is 15.8 Å². The molecule has 1 aliphatic heterocycles. The summed E-state index contributed by atoms with van der Waals surface area (Å²) in [6.45, 7) is 20.5. The van der Waals surface area contributed by atoms with Gasteiger partial charge in [0.15, 0.2) is 0 Å². The Labute approximate surface area is 231 Å². The first-order chi connectivity index (χ1) is 18.5. The molecule has 0 spiro atoms. The molecule has 0 radical (unpaired) electrons. The normalized spacial score (nSPS) is 14.3. The van der Waals surface area contributed by atoms with Gasteiger partial charge in [0.1, 0.15) is 6.17 Å². The average Bonchev–Trinajstić information content (AvgIpc) is 3.39. The van der Waals surface area contributed by atoms with Crippen molar-refractivity contribution in [3.63, 3.8) is 0 Å². The Morgan fingerprint density at radius 2 is 1.55 bits per heavy atom. The number of H-pyrrole nitrogens is 1. The first kappa shape index (κ1) is 35.1. The standard InChI is InChI=1S/C15H27N7.C9H9N.3C2H6/c1-12(22-9-7-18-8-10-22)11-19-21(2)15(16)13-3-5-14(20-17)6-4-13;1-7-6-10-9-5-3-2-4-8(7)9;3*1-2/h3-6,11-12,15,18,20H,7-10,16-17H2,1-2H3;2-6,10H,1H3;3*1-2H3/b19-11-;;;;. The van der Waals surface area contributed by atoms with Crippen LogP contribution in [-0.4, -0.2) is 60.4 Å². The number of nitrogens with two attached hydrogens (primary N) is 2. The summed E-state index contributed by atoms with van der Waals surface area (Å²) < 4.78 is 0. The van der Waals surface area contributed by atoms with Crippen molar-refractivity contribution in [1.82, 2.24) is 20.2 Å². The molecular formula is C30H54N8. The van der Waals surface area contributed by atoms with Gasteiger partial charge >= 0.3 is 0 Å². The largest absolute Gasteiger partial charge is 0.361 e. The average molecular weight is 527 g/mol. The number of nitrogens with zero attached hydrogens (tertiary/aromatic N) is 3. The predicted molar refractivity (Wildman–Crippen MR) is 168 cm³/mol. The molecular weight excluding hydrogens is 472 g/mol. The number of hydrogen-bond acceptors (Lipinski definition) is 7. The van der Waals surface area contributed by atoms with Crippen LogP contribution in [-0.2, 0) is 0 Å². The van der Waals surface area contributed by atoms with Crippen LogP contribution in [0.1, 0.15) is 65.8 Å². The van der Waals surface area contributed by atoms with Crippen LogP contribution in [0.2, 0.25) is 0 Å². The number of hydrazone groups is 1. The summed E-state index contributed by atoms with van der Waals surface area (Å²) in [6.07, 6.45) is 3.71. The van der Waals surface area contributed by atoms with E-state index < -0.39 is 0 Å². The minimum atomic E-state index is -0.279. The van der Waals surface area contributed by atoms with Crippen LogP contribution in [0.4, 0.5) is 5.69 Å². The molecule has 3 aromatic rings. The summed E-state index contributed by atoms with van der Waals surface area (Å²) in [7, 11) is 1.89. The first-order valence-corrected chi connectivity index (χ1v) is 14.1. The molecule has 38 heavy (non-hydrogen) atoms. The van der Waals surface area contributed by atoms with Crippen molar-refractivity contribution in [2.24, 2.45) is 16.7 Å². The fraction of sp³-hybridized carbons (Fsp3) is 0.500. The molecule has 0 saturated carbocycles. The Morgan fingerprint density at radius 1 is 0.974 bits per heavy atom. The maximum absolute atomic E-state index is 6.23. The zero-order chi connectivity index (χ0) is 28.9. The highest BCUT2D eigenvalue weighted by molar-refractivity contribution is 5.82. The number of aromatic amines is 1. The summed E-state index contributed by atoms with van der Waals surface area (Å²) >= 11 is 0. The van der Waals surface area contributed by atoms with Gasteiger partial charge in [0.2, 0.25) is 0 Å². The fourth-order valence-corrected chi connectivity index (χ4v) is 3.67. The van der Waals surface area contributed by atoms with Crippen LogP contribution in [0.3, 0.4) is 0 Å². The van der Waals surface area contributed by atoms with Crippen molar-refractivity contribution in [1.29, 1.82) is 0 Å². The van der Waals surface area contributed by atoms with E-state index in [0.29, 0.717) is 6.04 Å². The van der Waals surface area contributed by atoms with Crippen molar-refractivity contribution in [2.75, 3.05) is 38.7 Å². The number of aromatic nitrogens is 1. The van der Waals surface area contributed by atoms with Crippen LogP contribution >= 0.6 is 0 Å². The Kier molecular flexibility index (Phi) is 19.5. The number of piperazine rings is 1. The van der Waals surface area contributed by atoms with Crippen molar-refractivity contribution < 1.29 is 0 Å². The van der Waals surface area contributed by atoms with Crippen molar-refractivity contribution >= 4 is 22.8 Å². The number of nitrogens with one attached hydrogen (secondary N) is 3. The molecule has 214 valence electrons. The summed E-state index contributed by atoms with van der Waals surface area (Å²) in [5, 5.41) is 11.0. The molecule has 8 heteroatoms. The zero-order valence-electron chi connectivity index (χ0n) is 25.3. The molecule has 8 nitrogen and oxygen atoms in total. The van der Waals surface area contributed by atoms with Gasteiger partial charge < -0.3 is 21.5 Å². The van der Waals surface area contributed by atoms with Gasteiger partial charge in [0.05, 0.1) is 0 Å². The van der Waals surface area contributed by atoms with Gasteiger partial charge in [0, 0.05) is 68.3 Å². The van der Waals surface area contributed by atoms with Crippen molar-refractivity contribution in [3.8, 4) is 0 Å². The number of anilines is 1. The number of aryl methyl sites for hydroxylation is 1. The van der Waals surface area contributed by atoms with E-state index in [2.05, 4.69) is 57.8 Å². The lowest BCUT2D eigenvalue weighted by atomic mass is 10.1. The van der Waals surface area contributed by atoms with Crippen LogP contribution < -0.4 is 22.3 Å². The van der Waals surface area contributed by atoms with E-state index in [1.54, 1.807) is 5.01 Å². The molecule has 0 amide bonds. The minimum Gasteiger partial charge on any atom is -0.361 e. The quantitative estimate of drug-likeness (QED) is 0.122. The number of para-hydroxylation sites is 1. The van der Waals surface area contributed by atoms with E-state index in [-0.39, 0.29) is 6.17 Å². The van der Waals surface area contributed by atoms with E-state index in [0.717, 1.165) is 37.4 Å².